The van der Waals surface area contributed by atoms with Crippen molar-refractivity contribution in [3.05, 3.63) is 69.0 Å². The highest BCUT2D eigenvalue weighted by Gasteiger charge is 2.21. The average Bonchev–Trinajstić information content (AvgIpc) is 3.07. The third-order valence-electron chi connectivity index (χ3n) is 3.62. The van der Waals surface area contributed by atoms with Crippen molar-refractivity contribution in [2.75, 3.05) is 0 Å². The standard InChI is InChI=1S/C18H14N2O4S/c1-20-16(19-13(18(23)24)14(21)17(20)22)15-12(9-10-25-15)8-7-11-5-3-2-4-6-11/h2-10,21H,1H3,(H,23,24)/b8-7+. The van der Waals surface area contributed by atoms with Gasteiger partial charge >= 0.3 is 5.97 Å². The Hall–Kier alpha value is -3.19. The Labute approximate surface area is 147 Å². The predicted molar refractivity (Wildman–Crippen MR) is 96.8 cm³/mol. The molecule has 0 saturated heterocycles. The second-order valence-corrected chi connectivity index (χ2v) is 6.17. The van der Waals surface area contributed by atoms with E-state index in [0.717, 1.165) is 15.7 Å². The largest absolute Gasteiger partial charge is 0.501 e. The fraction of sp³-hybridized carbons (Fsp3) is 0.0556. The van der Waals surface area contributed by atoms with Crippen LogP contribution in [0.3, 0.4) is 0 Å². The van der Waals surface area contributed by atoms with Crippen LogP contribution in [0.1, 0.15) is 21.6 Å². The number of aromatic nitrogens is 2. The van der Waals surface area contributed by atoms with Gasteiger partial charge in [0.25, 0.3) is 5.56 Å². The van der Waals surface area contributed by atoms with Gasteiger partial charge in [0.15, 0.2) is 11.5 Å². The van der Waals surface area contributed by atoms with Gasteiger partial charge in [0, 0.05) is 7.05 Å². The molecular weight excluding hydrogens is 340 g/mol. The van der Waals surface area contributed by atoms with E-state index < -0.39 is 23.0 Å². The van der Waals surface area contributed by atoms with Crippen LogP contribution in [0.2, 0.25) is 0 Å². The first kappa shape index (κ1) is 16.7. The van der Waals surface area contributed by atoms with Crippen molar-refractivity contribution in [2.45, 2.75) is 0 Å². The number of hydrogen-bond donors (Lipinski definition) is 2. The highest BCUT2D eigenvalue weighted by atomic mass is 32.1. The minimum atomic E-state index is -1.45. The molecule has 126 valence electrons. The molecule has 0 fully saturated rings. The summed E-state index contributed by atoms with van der Waals surface area (Å²) in [5.74, 6) is -2.12. The molecule has 25 heavy (non-hydrogen) atoms. The van der Waals surface area contributed by atoms with Crippen LogP contribution in [0.25, 0.3) is 22.9 Å². The van der Waals surface area contributed by atoms with Gasteiger partial charge < -0.3 is 10.2 Å². The van der Waals surface area contributed by atoms with Crippen LogP contribution in [-0.2, 0) is 7.05 Å². The molecule has 0 unspecified atom stereocenters. The van der Waals surface area contributed by atoms with E-state index in [0.29, 0.717) is 4.88 Å². The summed E-state index contributed by atoms with van der Waals surface area (Å²) in [4.78, 5) is 27.9. The van der Waals surface area contributed by atoms with E-state index in [2.05, 4.69) is 4.98 Å². The molecule has 0 atom stereocenters. The fourth-order valence-electron chi connectivity index (χ4n) is 2.32. The molecule has 0 aliphatic heterocycles. The molecule has 6 nitrogen and oxygen atoms in total. The zero-order valence-corrected chi connectivity index (χ0v) is 14.0. The third-order valence-corrected chi connectivity index (χ3v) is 4.55. The van der Waals surface area contributed by atoms with Gasteiger partial charge in [0.2, 0.25) is 5.75 Å². The summed E-state index contributed by atoms with van der Waals surface area (Å²) in [5, 5.41) is 20.7. The second kappa shape index (κ2) is 6.74. The molecule has 0 saturated carbocycles. The maximum absolute atomic E-state index is 12.1. The first-order chi connectivity index (χ1) is 12.0. The topological polar surface area (TPSA) is 92.4 Å². The number of aromatic carboxylic acids is 1. The highest BCUT2D eigenvalue weighted by molar-refractivity contribution is 7.13. The number of nitrogens with zero attached hydrogens (tertiary/aromatic N) is 2. The quantitative estimate of drug-likeness (QED) is 0.751. The van der Waals surface area contributed by atoms with Crippen molar-refractivity contribution in [1.29, 1.82) is 0 Å². The molecule has 3 aromatic rings. The Morgan fingerprint density at radius 3 is 2.60 bits per heavy atom. The number of hydrogen-bond acceptors (Lipinski definition) is 5. The van der Waals surface area contributed by atoms with Gasteiger partial charge in [0.1, 0.15) is 0 Å². The molecule has 3 rings (SSSR count). The Morgan fingerprint density at radius 1 is 1.20 bits per heavy atom. The minimum absolute atomic E-state index is 0.197. The molecule has 2 heterocycles. The summed E-state index contributed by atoms with van der Waals surface area (Å²) >= 11 is 1.34. The van der Waals surface area contributed by atoms with E-state index >= 15 is 0 Å². The van der Waals surface area contributed by atoms with Gasteiger partial charge in [-0.1, -0.05) is 42.5 Å². The number of carbonyl (C=O) groups is 1. The number of thiophene rings is 1. The maximum atomic E-state index is 12.1. The Morgan fingerprint density at radius 2 is 1.92 bits per heavy atom. The van der Waals surface area contributed by atoms with Crippen molar-refractivity contribution in [2.24, 2.45) is 7.05 Å². The molecule has 0 radical (unpaired) electrons. The lowest BCUT2D eigenvalue weighted by Crippen LogP contribution is -2.23. The summed E-state index contributed by atoms with van der Waals surface area (Å²) in [6, 6.07) is 11.6. The van der Waals surface area contributed by atoms with Gasteiger partial charge in [-0.3, -0.25) is 9.36 Å². The molecule has 0 amide bonds. The summed E-state index contributed by atoms with van der Waals surface area (Å²) in [7, 11) is 1.44. The zero-order chi connectivity index (χ0) is 18.0. The molecule has 7 heteroatoms. The van der Waals surface area contributed by atoms with Crippen LogP contribution in [0.15, 0.2) is 46.6 Å². The lowest BCUT2D eigenvalue weighted by Gasteiger charge is -2.09. The molecule has 2 N–H and O–H groups in total. The minimum Gasteiger partial charge on any atom is -0.501 e. The maximum Gasteiger partial charge on any atom is 0.358 e. The first-order valence-corrected chi connectivity index (χ1v) is 8.21. The summed E-state index contributed by atoms with van der Waals surface area (Å²) < 4.78 is 1.15. The van der Waals surface area contributed by atoms with Crippen molar-refractivity contribution in [3.63, 3.8) is 0 Å². The van der Waals surface area contributed by atoms with Crippen LogP contribution in [0.5, 0.6) is 5.75 Å². The molecule has 1 aromatic carbocycles. The van der Waals surface area contributed by atoms with Gasteiger partial charge in [-0.05, 0) is 22.6 Å². The average molecular weight is 354 g/mol. The number of carboxylic acids is 1. The van der Waals surface area contributed by atoms with Crippen molar-refractivity contribution in [1.82, 2.24) is 9.55 Å². The van der Waals surface area contributed by atoms with Crippen LogP contribution < -0.4 is 5.56 Å². The van der Waals surface area contributed by atoms with Crippen LogP contribution >= 0.6 is 11.3 Å². The number of rotatable bonds is 4. The Balaban J connectivity index is 2.10. The highest BCUT2D eigenvalue weighted by Crippen LogP contribution is 2.30. The molecule has 2 aromatic heterocycles. The Bertz CT molecular complexity index is 1020. The third kappa shape index (κ3) is 3.22. The predicted octanol–water partition coefficient (Wildman–Crippen LogP) is 3.08. The molecular formula is C18H14N2O4S. The monoisotopic (exact) mass is 354 g/mol. The van der Waals surface area contributed by atoms with E-state index in [1.165, 1.54) is 18.4 Å². The number of benzene rings is 1. The van der Waals surface area contributed by atoms with E-state index in [1.807, 2.05) is 53.9 Å². The summed E-state index contributed by atoms with van der Waals surface area (Å²) in [6.45, 7) is 0. The number of aromatic hydroxyl groups is 1. The van der Waals surface area contributed by atoms with Gasteiger partial charge in [0.05, 0.1) is 4.88 Å². The van der Waals surface area contributed by atoms with Crippen LogP contribution in [0, 0.1) is 0 Å². The van der Waals surface area contributed by atoms with Crippen LogP contribution in [0.4, 0.5) is 0 Å². The van der Waals surface area contributed by atoms with Crippen molar-refractivity contribution < 1.29 is 15.0 Å². The summed E-state index contributed by atoms with van der Waals surface area (Å²) in [6.07, 6.45) is 3.79. The lowest BCUT2D eigenvalue weighted by atomic mass is 10.1. The van der Waals surface area contributed by atoms with Crippen LogP contribution in [-0.4, -0.2) is 25.7 Å². The van der Waals surface area contributed by atoms with E-state index in [1.54, 1.807) is 0 Å². The van der Waals surface area contributed by atoms with Crippen molar-refractivity contribution >= 4 is 29.5 Å². The van der Waals surface area contributed by atoms with Gasteiger partial charge in [-0.2, -0.15) is 0 Å². The smallest absolute Gasteiger partial charge is 0.358 e. The van der Waals surface area contributed by atoms with Gasteiger partial charge in [-0.15, -0.1) is 11.3 Å². The second-order valence-electron chi connectivity index (χ2n) is 5.25. The lowest BCUT2D eigenvalue weighted by molar-refractivity contribution is 0.0686. The Kier molecular flexibility index (Phi) is 4.49. The van der Waals surface area contributed by atoms with Gasteiger partial charge in [-0.25, -0.2) is 9.78 Å². The van der Waals surface area contributed by atoms with Crippen molar-refractivity contribution in [3.8, 4) is 16.5 Å². The molecule has 0 aliphatic rings. The molecule has 0 spiro atoms. The fourth-order valence-corrected chi connectivity index (χ4v) is 3.24. The first-order valence-electron chi connectivity index (χ1n) is 7.33. The molecule has 0 bridgehead atoms. The normalized spacial score (nSPS) is 11.1. The zero-order valence-electron chi connectivity index (χ0n) is 13.2. The molecule has 0 aliphatic carbocycles. The van der Waals surface area contributed by atoms with E-state index in [-0.39, 0.29) is 5.82 Å². The SMILES string of the molecule is Cn1c(-c2sccc2/C=C/c2ccccc2)nc(C(=O)O)c(O)c1=O. The number of carboxylic acid groups (broad SMARTS) is 1. The van der Waals surface area contributed by atoms with E-state index in [9.17, 15) is 14.7 Å². The van der Waals surface area contributed by atoms with E-state index in [4.69, 9.17) is 5.11 Å². The summed E-state index contributed by atoms with van der Waals surface area (Å²) in [5.41, 5.74) is 0.370.